The minimum absolute atomic E-state index is 0.0147. The number of nitrogens with zero attached hydrogens (tertiary/aromatic N) is 1. The molecule has 1 saturated carbocycles. The zero-order chi connectivity index (χ0) is 25.9. The molecular weight excluding hydrogens is 460 g/mol. The predicted octanol–water partition coefficient (Wildman–Crippen LogP) is 4.54. The zero-order valence-electron chi connectivity index (χ0n) is 21.5. The van der Waals surface area contributed by atoms with E-state index in [-0.39, 0.29) is 12.3 Å². The normalized spacial score (nSPS) is 15.4. The third-order valence-electron chi connectivity index (χ3n) is 6.57. The number of oxime groups is 1. The van der Waals surface area contributed by atoms with Crippen molar-refractivity contribution in [2.45, 2.75) is 51.0 Å². The monoisotopic (exact) mass is 496 g/mol. The Morgan fingerprint density at radius 3 is 2.06 bits per heavy atom. The van der Waals surface area contributed by atoms with Gasteiger partial charge in [-0.3, -0.25) is 4.79 Å². The lowest BCUT2D eigenvalue weighted by Crippen LogP contribution is -2.47. The van der Waals surface area contributed by atoms with Crippen LogP contribution in [0, 0.1) is 5.92 Å². The first-order chi connectivity index (χ1) is 17.5. The number of hydrogen-bond donors (Lipinski definition) is 1. The molecule has 0 bridgehead atoms. The van der Waals surface area contributed by atoms with Gasteiger partial charge in [0.15, 0.2) is 0 Å². The Balaban J connectivity index is 1.79. The molecule has 194 valence electrons. The molecule has 1 amide bonds. The van der Waals surface area contributed by atoms with Gasteiger partial charge in [-0.25, -0.2) is 4.79 Å². The molecule has 1 atom stereocenters. The Morgan fingerprint density at radius 1 is 0.917 bits per heavy atom. The summed E-state index contributed by atoms with van der Waals surface area (Å²) in [6.07, 6.45) is 6.43. The van der Waals surface area contributed by atoms with Crippen molar-refractivity contribution in [3.05, 3.63) is 48.0 Å². The first-order valence-electron chi connectivity index (χ1n) is 12.3. The molecule has 0 saturated heterocycles. The molecule has 36 heavy (non-hydrogen) atoms. The maximum atomic E-state index is 13.2. The summed E-state index contributed by atoms with van der Waals surface area (Å²) in [5, 5.41) is 6.88. The average molecular weight is 497 g/mol. The highest BCUT2D eigenvalue weighted by Gasteiger charge is 2.29. The van der Waals surface area contributed by atoms with Crippen LogP contribution in [0.3, 0.4) is 0 Å². The summed E-state index contributed by atoms with van der Waals surface area (Å²) in [7, 11) is 5.98. The Bertz CT molecular complexity index is 1020. The summed E-state index contributed by atoms with van der Waals surface area (Å²) in [6, 6.07) is 12.5. The van der Waals surface area contributed by atoms with E-state index in [0.29, 0.717) is 17.2 Å². The fraction of sp³-hybridized carbons (Fsp3) is 0.464. The van der Waals surface area contributed by atoms with E-state index in [9.17, 15) is 9.59 Å². The average Bonchev–Trinajstić information content (AvgIpc) is 3.20. The lowest BCUT2D eigenvalue weighted by molar-refractivity contribution is -0.144. The molecule has 1 aliphatic rings. The molecule has 3 rings (SSSR count). The number of benzene rings is 2. The van der Waals surface area contributed by atoms with Crippen LogP contribution in [0.1, 0.15) is 44.1 Å². The van der Waals surface area contributed by atoms with E-state index in [1.807, 2.05) is 42.5 Å². The summed E-state index contributed by atoms with van der Waals surface area (Å²) in [4.78, 5) is 30.8. The molecule has 0 heterocycles. The van der Waals surface area contributed by atoms with Gasteiger partial charge in [0, 0.05) is 12.3 Å². The third-order valence-corrected chi connectivity index (χ3v) is 6.57. The molecule has 0 unspecified atom stereocenters. The second kappa shape index (κ2) is 13.5. The van der Waals surface area contributed by atoms with Crippen LogP contribution in [0.4, 0.5) is 0 Å². The number of esters is 1. The Labute approximate surface area is 212 Å². The molecule has 8 heteroatoms. The van der Waals surface area contributed by atoms with Crippen LogP contribution in [-0.4, -0.2) is 52.1 Å². The summed E-state index contributed by atoms with van der Waals surface area (Å²) in [5.74, 6) is 0.502. The van der Waals surface area contributed by atoms with E-state index in [0.717, 1.165) is 55.2 Å². The Kier molecular flexibility index (Phi) is 10.2. The predicted molar refractivity (Wildman–Crippen MR) is 138 cm³/mol. The molecule has 1 aliphatic carbocycles. The van der Waals surface area contributed by atoms with E-state index in [1.54, 1.807) is 14.2 Å². The van der Waals surface area contributed by atoms with Crippen LogP contribution >= 0.6 is 0 Å². The van der Waals surface area contributed by atoms with Crippen molar-refractivity contribution in [2.24, 2.45) is 11.1 Å². The van der Waals surface area contributed by atoms with Crippen LogP contribution in [0.15, 0.2) is 47.6 Å². The van der Waals surface area contributed by atoms with Crippen molar-refractivity contribution in [3.8, 4) is 22.6 Å². The second-order valence-corrected chi connectivity index (χ2v) is 8.84. The summed E-state index contributed by atoms with van der Waals surface area (Å²) < 4.78 is 16.0. The molecule has 0 spiro atoms. The number of carbonyl (C=O) groups is 2. The van der Waals surface area contributed by atoms with Crippen LogP contribution < -0.4 is 14.8 Å². The summed E-state index contributed by atoms with van der Waals surface area (Å²) >= 11 is 0. The van der Waals surface area contributed by atoms with E-state index in [1.165, 1.54) is 14.2 Å². The number of nitrogens with one attached hydrogen (secondary N) is 1. The second-order valence-electron chi connectivity index (χ2n) is 8.84. The molecule has 0 aliphatic heterocycles. The van der Waals surface area contributed by atoms with Crippen molar-refractivity contribution >= 4 is 17.6 Å². The van der Waals surface area contributed by atoms with Crippen LogP contribution in [-0.2, 0) is 25.6 Å². The third kappa shape index (κ3) is 6.77. The van der Waals surface area contributed by atoms with Gasteiger partial charge in [0.05, 0.1) is 26.9 Å². The van der Waals surface area contributed by atoms with Crippen LogP contribution in [0.25, 0.3) is 11.1 Å². The lowest BCUT2D eigenvalue weighted by atomic mass is 9.93. The maximum absolute atomic E-state index is 13.2. The number of hydrogen-bond acceptors (Lipinski definition) is 7. The van der Waals surface area contributed by atoms with Crippen molar-refractivity contribution in [3.63, 3.8) is 0 Å². The topological polar surface area (TPSA) is 95.5 Å². The number of carbonyl (C=O) groups excluding carboxylic acids is 2. The summed E-state index contributed by atoms with van der Waals surface area (Å²) in [6.45, 7) is 0. The van der Waals surface area contributed by atoms with Crippen LogP contribution in [0.5, 0.6) is 11.5 Å². The van der Waals surface area contributed by atoms with Crippen molar-refractivity contribution < 1.29 is 28.6 Å². The highest BCUT2D eigenvalue weighted by molar-refractivity contribution is 6.39. The number of amides is 1. The van der Waals surface area contributed by atoms with Gasteiger partial charge in [0.2, 0.25) is 0 Å². The van der Waals surface area contributed by atoms with Gasteiger partial charge in [-0.15, -0.1) is 0 Å². The van der Waals surface area contributed by atoms with E-state index >= 15 is 0 Å². The minimum Gasteiger partial charge on any atom is -0.496 e. The fourth-order valence-corrected chi connectivity index (χ4v) is 4.70. The number of rotatable bonds is 10. The van der Waals surface area contributed by atoms with Gasteiger partial charge < -0.3 is 24.4 Å². The zero-order valence-corrected chi connectivity index (χ0v) is 21.5. The minimum atomic E-state index is -0.859. The van der Waals surface area contributed by atoms with Crippen molar-refractivity contribution in [1.82, 2.24) is 5.32 Å². The highest BCUT2D eigenvalue weighted by Crippen LogP contribution is 2.38. The molecule has 0 radical (unpaired) electrons. The van der Waals surface area contributed by atoms with Gasteiger partial charge in [0.1, 0.15) is 30.4 Å². The molecule has 1 N–H and O–H groups in total. The van der Waals surface area contributed by atoms with Gasteiger partial charge >= 0.3 is 5.97 Å². The van der Waals surface area contributed by atoms with Gasteiger partial charge in [0.25, 0.3) is 5.91 Å². The Hall–Kier alpha value is -3.55. The largest absolute Gasteiger partial charge is 0.496 e. The molecule has 1 fully saturated rings. The lowest BCUT2D eigenvalue weighted by Gasteiger charge is -2.20. The number of methoxy groups -OCH3 is 3. The first-order valence-corrected chi connectivity index (χ1v) is 12.3. The standard InChI is InChI=1S/C28H36N2O6/c1-33-23-12-9-13-24(34-2)25(23)20-16-14-19(15-17-20)18-22(28(32)35-3)29-27(31)26(30-36-4)21-10-7-5-6-8-11-21/h9,12-17,21-22H,5-8,10-11,18H2,1-4H3,(H,29,31)/t22-/m0/s1. The molecule has 0 aromatic heterocycles. The molecule has 2 aromatic carbocycles. The van der Waals surface area contributed by atoms with Crippen molar-refractivity contribution in [1.29, 1.82) is 0 Å². The number of ether oxygens (including phenoxy) is 3. The van der Waals surface area contributed by atoms with Crippen molar-refractivity contribution in [2.75, 3.05) is 28.4 Å². The van der Waals surface area contributed by atoms with E-state index in [4.69, 9.17) is 19.0 Å². The molecule has 8 nitrogen and oxygen atoms in total. The molecule has 2 aromatic rings. The maximum Gasteiger partial charge on any atom is 0.328 e. The Morgan fingerprint density at radius 2 is 1.53 bits per heavy atom. The van der Waals surface area contributed by atoms with Gasteiger partial charge in [-0.05, 0) is 36.1 Å². The molecular formula is C28H36N2O6. The fourth-order valence-electron chi connectivity index (χ4n) is 4.70. The quantitative estimate of drug-likeness (QED) is 0.225. The van der Waals surface area contributed by atoms with Gasteiger partial charge in [-0.1, -0.05) is 61.2 Å². The summed E-state index contributed by atoms with van der Waals surface area (Å²) in [5.41, 5.74) is 2.96. The van der Waals surface area contributed by atoms with Gasteiger partial charge in [-0.2, -0.15) is 0 Å². The van der Waals surface area contributed by atoms with E-state index < -0.39 is 17.9 Å². The SMILES string of the molecule is CON=C(C(=O)N[C@@H](Cc1ccc(-c2c(OC)cccc2OC)cc1)C(=O)OC)C1CCCCCC1. The highest BCUT2D eigenvalue weighted by atomic mass is 16.6. The smallest absolute Gasteiger partial charge is 0.328 e. The van der Waals surface area contributed by atoms with Crippen LogP contribution in [0.2, 0.25) is 0 Å². The first kappa shape index (κ1) is 27.0. The van der Waals surface area contributed by atoms with E-state index in [2.05, 4.69) is 10.5 Å².